The van der Waals surface area contributed by atoms with Gasteiger partial charge in [0, 0.05) is 5.56 Å². The fourth-order valence-corrected chi connectivity index (χ4v) is 2.51. The van der Waals surface area contributed by atoms with Gasteiger partial charge in [0.1, 0.15) is 17.3 Å². The number of halogens is 2. The van der Waals surface area contributed by atoms with Gasteiger partial charge in [-0.3, -0.25) is 0 Å². The van der Waals surface area contributed by atoms with Crippen molar-refractivity contribution in [2.45, 2.75) is 26.8 Å². The van der Waals surface area contributed by atoms with Crippen LogP contribution in [0.5, 0.6) is 0 Å². The third-order valence-corrected chi connectivity index (χ3v) is 3.49. The molecule has 2 rings (SSSR count). The van der Waals surface area contributed by atoms with Crippen molar-refractivity contribution in [1.29, 1.82) is 0 Å². The van der Waals surface area contributed by atoms with Gasteiger partial charge in [-0.25, -0.2) is 4.39 Å². The van der Waals surface area contributed by atoms with Crippen molar-refractivity contribution in [3.63, 3.8) is 0 Å². The quantitative estimate of drug-likeness (QED) is 0.899. The molecule has 1 unspecified atom stereocenters. The van der Waals surface area contributed by atoms with Gasteiger partial charge in [-0.2, -0.15) is 0 Å². The molecular formula is C15H17ClFNO. The van der Waals surface area contributed by atoms with Crippen LogP contribution in [0.3, 0.4) is 0 Å². The minimum Gasteiger partial charge on any atom is -0.466 e. The fourth-order valence-electron chi connectivity index (χ4n) is 2.27. The summed E-state index contributed by atoms with van der Waals surface area (Å²) in [6.07, 6.45) is 0. The number of hydrogen-bond acceptors (Lipinski definition) is 2. The molecule has 0 saturated carbocycles. The maximum absolute atomic E-state index is 13.6. The molecule has 0 radical (unpaired) electrons. The molecule has 2 nitrogen and oxygen atoms in total. The van der Waals surface area contributed by atoms with E-state index < -0.39 is 5.82 Å². The van der Waals surface area contributed by atoms with Gasteiger partial charge in [0.15, 0.2) is 0 Å². The monoisotopic (exact) mass is 281 g/mol. The number of aryl methyl sites for hydroxylation is 2. The normalized spacial score (nSPS) is 12.7. The molecule has 1 aromatic heterocycles. The first-order valence-electron chi connectivity index (χ1n) is 6.28. The SMILES string of the molecule is CCNC(c1cc(C)oc1C)c1cccc(F)c1Cl. The zero-order valence-corrected chi connectivity index (χ0v) is 12.0. The van der Waals surface area contributed by atoms with Crippen LogP contribution in [0.1, 0.15) is 35.6 Å². The Kier molecular flexibility index (Phi) is 4.27. The molecule has 0 aliphatic carbocycles. The summed E-state index contributed by atoms with van der Waals surface area (Å²) < 4.78 is 19.2. The Morgan fingerprint density at radius 1 is 1.32 bits per heavy atom. The molecule has 1 N–H and O–H groups in total. The fraction of sp³-hybridized carbons (Fsp3) is 0.333. The molecule has 0 fully saturated rings. The van der Waals surface area contributed by atoms with Crippen molar-refractivity contribution in [2.75, 3.05) is 6.54 Å². The third kappa shape index (κ3) is 2.82. The molecule has 1 aromatic carbocycles. The van der Waals surface area contributed by atoms with Crippen LogP contribution in [0.25, 0.3) is 0 Å². The van der Waals surface area contributed by atoms with E-state index >= 15 is 0 Å². The van der Waals surface area contributed by atoms with E-state index in [0.717, 1.165) is 29.2 Å². The van der Waals surface area contributed by atoms with Gasteiger partial charge in [-0.15, -0.1) is 0 Å². The van der Waals surface area contributed by atoms with E-state index in [4.69, 9.17) is 16.0 Å². The van der Waals surface area contributed by atoms with E-state index in [-0.39, 0.29) is 11.1 Å². The Bertz CT molecular complexity index is 580. The summed E-state index contributed by atoms with van der Waals surface area (Å²) in [6, 6.07) is 6.67. The second-order valence-electron chi connectivity index (χ2n) is 4.50. The molecule has 2 aromatic rings. The molecule has 0 spiro atoms. The maximum atomic E-state index is 13.6. The summed E-state index contributed by atoms with van der Waals surface area (Å²) in [6.45, 7) is 6.55. The molecule has 0 bridgehead atoms. The van der Waals surface area contributed by atoms with Crippen molar-refractivity contribution in [2.24, 2.45) is 0 Å². The van der Waals surface area contributed by atoms with Crippen LogP contribution in [-0.2, 0) is 0 Å². The Morgan fingerprint density at radius 3 is 2.63 bits per heavy atom. The van der Waals surface area contributed by atoms with E-state index in [1.165, 1.54) is 6.07 Å². The average Bonchev–Trinajstić information content (AvgIpc) is 2.69. The van der Waals surface area contributed by atoms with Crippen molar-refractivity contribution >= 4 is 11.6 Å². The van der Waals surface area contributed by atoms with Crippen LogP contribution in [0, 0.1) is 19.7 Å². The highest BCUT2D eigenvalue weighted by atomic mass is 35.5. The summed E-state index contributed by atoms with van der Waals surface area (Å²) in [5, 5.41) is 3.49. The van der Waals surface area contributed by atoms with E-state index in [0.29, 0.717) is 0 Å². The first-order valence-corrected chi connectivity index (χ1v) is 6.66. The van der Waals surface area contributed by atoms with Crippen LogP contribution in [-0.4, -0.2) is 6.54 Å². The zero-order chi connectivity index (χ0) is 14.0. The molecule has 19 heavy (non-hydrogen) atoms. The van der Waals surface area contributed by atoms with Gasteiger partial charge in [-0.05, 0) is 38.1 Å². The predicted molar refractivity (Wildman–Crippen MR) is 75.1 cm³/mol. The first kappa shape index (κ1) is 14.1. The van der Waals surface area contributed by atoms with Gasteiger partial charge in [0.05, 0.1) is 11.1 Å². The molecule has 0 saturated heterocycles. The van der Waals surface area contributed by atoms with Gasteiger partial charge < -0.3 is 9.73 Å². The average molecular weight is 282 g/mol. The summed E-state index contributed by atoms with van der Waals surface area (Å²) in [4.78, 5) is 0. The molecular weight excluding hydrogens is 265 g/mol. The second kappa shape index (κ2) is 5.76. The Labute approximate surface area is 117 Å². The van der Waals surface area contributed by atoms with Crippen LogP contribution in [0.4, 0.5) is 4.39 Å². The summed E-state index contributed by atoms with van der Waals surface area (Å²) in [5.41, 5.74) is 1.72. The lowest BCUT2D eigenvalue weighted by atomic mass is 9.98. The van der Waals surface area contributed by atoms with E-state index in [2.05, 4.69) is 5.32 Å². The Hall–Kier alpha value is -1.32. The highest BCUT2D eigenvalue weighted by Gasteiger charge is 2.21. The third-order valence-electron chi connectivity index (χ3n) is 3.09. The smallest absolute Gasteiger partial charge is 0.142 e. The van der Waals surface area contributed by atoms with Crippen LogP contribution in [0.2, 0.25) is 5.02 Å². The molecule has 0 aliphatic heterocycles. The number of furan rings is 1. The zero-order valence-electron chi connectivity index (χ0n) is 11.3. The Morgan fingerprint density at radius 2 is 2.05 bits per heavy atom. The van der Waals surface area contributed by atoms with Crippen molar-refractivity contribution in [1.82, 2.24) is 5.32 Å². The summed E-state index contributed by atoms with van der Waals surface area (Å²) >= 11 is 6.09. The standard InChI is InChI=1S/C15H17ClFNO/c1-4-18-15(12-8-9(2)19-10(12)3)11-6-5-7-13(17)14(11)16/h5-8,15,18H,4H2,1-3H3. The van der Waals surface area contributed by atoms with Gasteiger partial charge in [-0.1, -0.05) is 30.7 Å². The first-order chi connectivity index (χ1) is 9.04. The Balaban J connectivity index is 2.51. The molecule has 1 heterocycles. The molecule has 0 amide bonds. The van der Waals surface area contributed by atoms with Gasteiger partial charge in [0.2, 0.25) is 0 Å². The lowest BCUT2D eigenvalue weighted by Crippen LogP contribution is -2.22. The van der Waals surface area contributed by atoms with Crippen molar-refractivity contribution < 1.29 is 8.81 Å². The van der Waals surface area contributed by atoms with Crippen LogP contribution >= 0.6 is 11.6 Å². The van der Waals surface area contributed by atoms with Crippen molar-refractivity contribution in [3.05, 3.63) is 57.8 Å². The molecule has 0 aliphatic rings. The van der Waals surface area contributed by atoms with E-state index in [1.54, 1.807) is 6.07 Å². The highest BCUT2D eigenvalue weighted by Crippen LogP contribution is 2.32. The number of nitrogens with one attached hydrogen (secondary N) is 1. The van der Waals surface area contributed by atoms with E-state index in [1.807, 2.05) is 32.9 Å². The summed E-state index contributed by atoms with van der Waals surface area (Å²) in [5.74, 6) is 1.26. The molecule has 102 valence electrons. The number of benzene rings is 1. The topological polar surface area (TPSA) is 25.2 Å². The second-order valence-corrected chi connectivity index (χ2v) is 4.88. The van der Waals surface area contributed by atoms with Gasteiger partial charge >= 0.3 is 0 Å². The minimum absolute atomic E-state index is 0.159. The highest BCUT2D eigenvalue weighted by molar-refractivity contribution is 6.31. The number of rotatable bonds is 4. The minimum atomic E-state index is -0.403. The summed E-state index contributed by atoms with van der Waals surface area (Å²) in [7, 11) is 0. The van der Waals surface area contributed by atoms with Crippen LogP contribution in [0.15, 0.2) is 28.7 Å². The largest absolute Gasteiger partial charge is 0.466 e. The predicted octanol–water partition coefficient (Wildman–Crippen LogP) is 4.39. The molecule has 1 atom stereocenters. The molecule has 4 heteroatoms. The number of hydrogen-bond donors (Lipinski definition) is 1. The van der Waals surface area contributed by atoms with Crippen LogP contribution < -0.4 is 5.32 Å². The van der Waals surface area contributed by atoms with E-state index in [9.17, 15) is 4.39 Å². The van der Waals surface area contributed by atoms with Gasteiger partial charge in [0.25, 0.3) is 0 Å². The van der Waals surface area contributed by atoms with Crippen molar-refractivity contribution in [3.8, 4) is 0 Å². The lowest BCUT2D eigenvalue weighted by Gasteiger charge is -2.19. The maximum Gasteiger partial charge on any atom is 0.142 e. The lowest BCUT2D eigenvalue weighted by molar-refractivity contribution is 0.494.